The molecular formula is C16H36N2O10. The molecular weight excluding hydrogens is 380 g/mol. The topological polar surface area (TPSA) is 239 Å². The first-order valence-corrected chi connectivity index (χ1v) is 8.20. The summed E-state index contributed by atoms with van der Waals surface area (Å²) in [6.07, 6.45) is 0.889. The molecule has 0 aliphatic heterocycles. The van der Waals surface area contributed by atoms with Crippen LogP contribution in [0.2, 0.25) is 0 Å². The Balaban J connectivity index is -0.0000000520. The van der Waals surface area contributed by atoms with Gasteiger partial charge in [0.25, 0.3) is 5.97 Å². The minimum atomic E-state index is -0.833. The van der Waals surface area contributed by atoms with Crippen LogP contribution in [0.3, 0.4) is 0 Å². The zero-order valence-corrected chi connectivity index (χ0v) is 17.2. The zero-order valence-electron chi connectivity index (χ0n) is 17.2. The molecule has 0 rings (SSSR count). The number of hydrogen-bond donors (Lipinski definition) is 7. The van der Waals surface area contributed by atoms with Gasteiger partial charge in [-0.15, -0.1) is 0 Å². The number of hydrogen-bond acceptors (Lipinski definition) is 7. The number of carboxylic acid groups (broad SMARTS) is 5. The molecule has 0 heterocycles. The van der Waals surface area contributed by atoms with Crippen LogP contribution in [0.1, 0.15) is 60.3 Å². The summed E-state index contributed by atoms with van der Waals surface area (Å²) in [7, 11) is 0. The number of carbonyl (C=O) groups is 5. The molecule has 0 bridgehead atoms. The van der Waals surface area contributed by atoms with Crippen molar-refractivity contribution in [2.45, 2.75) is 60.3 Å². The molecule has 0 saturated carbocycles. The van der Waals surface area contributed by atoms with Gasteiger partial charge in [-0.3, -0.25) is 24.0 Å². The van der Waals surface area contributed by atoms with Crippen LogP contribution >= 0.6 is 0 Å². The van der Waals surface area contributed by atoms with E-state index in [4.69, 9.17) is 41.8 Å². The molecule has 0 fully saturated rings. The molecule has 0 amide bonds. The lowest BCUT2D eigenvalue weighted by Crippen LogP contribution is -2.11. The van der Waals surface area contributed by atoms with Gasteiger partial charge < -0.3 is 37.0 Å². The van der Waals surface area contributed by atoms with Crippen molar-refractivity contribution in [1.82, 2.24) is 0 Å². The predicted molar refractivity (Wildman–Crippen MR) is 103 cm³/mol. The van der Waals surface area contributed by atoms with E-state index in [9.17, 15) is 19.2 Å². The lowest BCUT2D eigenvalue weighted by Gasteiger charge is -1.72. The predicted octanol–water partition coefficient (Wildman–Crippen LogP) is 0.919. The molecule has 0 aromatic carbocycles. The molecule has 28 heavy (non-hydrogen) atoms. The second-order valence-corrected chi connectivity index (χ2v) is 4.09. The second kappa shape index (κ2) is 39.4. The Morgan fingerprint density at radius 1 is 0.536 bits per heavy atom. The van der Waals surface area contributed by atoms with Gasteiger partial charge in [0.15, 0.2) is 0 Å². The molecule has 0 aromatic rings. The van der Waals surface area contributed by atoms with Crippen LogP contribution in [-0.2, 0) is 24.0 Å². The minimum absolute atomic E-state index is 0.222. The van der Waals surface area contributed by atoms with Crippen molar-refractivity contribution < 1.29 is 49.5 Å². The average molecular weight is 416 g/mol. The van der Waals surface area contributed by atoms with E-state index in [1.807, 2.05) is 0 Å². The molecule has 0 aromatic heterocycles. The standard InChI is InChI=1S/4C3H6O2.C2H8N2.C2H4O2/c4*1-2-3(4)5;3-1-2-4;1-2(3)4/h4*2H2,1H3,(H,4,5);1-4H2;1H3,(H,3,4). The SMILES string of the molecule is CC(=O)O.CCC(=O)O.CCC(=O)O.CCC(=O)O.CCC(=O)O.NCCN. The largest absolute Gasteiger partial charge is 0.481 e. The summed E-state index contributed by atoms with van der Waals surface area (Å²) in [5, 5.41) is 38.3. The molecule has 0 saturated heterocycles. The monoisotopic (exact) mass is 416 g/mol. The number of carboxylic acids is 5. The van der Waals surface area contributed by atoms with E-state index in [1.54, 1.807) is 27.7 Å². The van der Waals surface area contributed by atoms with Gasteiger partial charge in [-0.2, -0.15) is 0 Å². The first-order chi connectivity index (χ1) is 12.7. The highest BCUT2D eigenvalue weighted by Crippen LogP contribution is 1.68. The first-order valence-electron chi connectivity index (χ1n) is 8.20. The van der Waals surface area contributed by atoms with Crippen molar-refractivity contribution in [1.29, 1.82) is 0 Å². The molecule has 0 spiro atoms. The van der Waals surface area contributed by atoms with Gasteiger partial charge >= 0.3 is 23.9 Å². The third kappa shape index (κ3) is 294. The Bertz CT molecular complexity index is 326. The lowest BCUT2D eigenvalue weighted by atomic mass is 10.5. The van der Waals surface area contributed by atoms with Crippen LogP contribution in [0.15, 0.2) is 0 Å². The first kappa shape index (κ1) is 40.1. The summed E-state index contributed by atoms with van der Waals surface area (Å²) in [6.45, 7) is 8.68. The smallest absolute Gasteiger partial charge is 0.303 e. The van der Waals surface area contributed by atoms with Gasteiger partial charge in [-0.05, 0) is 0 Å². The third-order valence-electron chi connectivity index (χ3n) is 1.38. The average Bonchev–Trinajstić information content (AvgIpc) is 2.62. The van der Waals surface area contributed by atoms with Crippen LogP contribution in [0.25, 0.3) is 0 Å². The Hall–Kier alpha value is -2.73. The number of aliphatic carboxylic acids is 5. The van der Waals surface area contributed by atoms with Gasteiger partial charge in [0.1, 0.15) is 0 Å². The van der Waals surface area contributed by atoms with Crippen molar-refractivity contribution in [3.8, 4) is 0 Å². The van der Waals surface area contributed by atoms with E-state index in [-0.39, 0.29) is 25.7 Å². The van der Waals surface area contributed by atoms with Crippen molar-refractivity contribution in [2.24, 2.45) is 11.5 Å². The quantitative estimate of drug-likeness (QED) is 0.331. The van der Waals surface area contributed by atoms with Crippen LogP contribution < -0.4 is 11.5 Å². The maximum Gasteiger partial charge on any atom is 0.303 e. The molecule has 0 atom stereocenters. The number of nitrogens with two attached hydrogens (primary N) is 2. The van der Waals surface area contributed by atoms with Crippen LogP contribution in [0, 0.1) is 0 Å². The van der Waals surface area contributed by atoms with Crippen molar-refractivity contribution in [2.75, 3.05) is 13.1 Å². The van der Waals surface area contributed by atoms with Gasteiger partial charge in [-0.1, -0.05) is 27.7 Å². The third-order valence-corrected chi connectivity index (χ3v) is 1.38. The fourth-order valence-corrected chi connectivity index (χ4v) is 0. The highest BCUT2D eigenvalue weighted by atomic mass is 16.4. The van der Waals surface area contributed by atoms with E-state index in [0.29, 0.717) is 13.1 Å². The van der Waals surface area contributed by atoms with Crippen molar-refractivity contribution >= 4 is 29.8 Å². The van der Waals surface area contributed by atoms with E-state index in [1.165, 1.54) is 0 Å². The molecule has 12 heteroatoms. The minimum Gasteiger partial charge on any atom is -0.481 e. The Kier molecular flexibility index (Phi) is 56.4. The molecule has 9 N–H and O–H groups in total. The Labute approximate surface area is 165 Å². The summed E-state index contributed by atoms with van der Waals surface area (Å²) in [4.78, 5) is 46.5. The second-order valence-electron chi connectivity index (χ2n) is 4.09. The van der Waals surface area contributed by atoms with E-state index >= 15 is 0 Å². The normalized spacial score (nSPS) is 7.25. The van der Waals surface area contributed by atoms with Crippen LogP contribution in [-0.4, -0.2) is 68.5 Å². The molecule has 170 valence electrons. The summed E-state index contributed by atoms with van der Waals surface area (Å²) in [6, 6.07) is 0. The van der Waals surface area contributed by atoms with Crippen LogP contribution in [0.5, 0.6) is 0 Å². The van der Waals surface area contributed by atoms with Crippen LogP contribution in [0.4, 0.5) is 0 Å². The molecule has 12 nitrogen and oxygen atoms in total. The van der Waals surface area contributed by atoms with E-state index in [0.717, 1.165) is 6.92 Å². The maximum absolute atomic E-state index is 9.37. The van der Waals surface area contributed by atoms with Gasteiger partial charge in [0.05, 0.1) is 0 Å². The highest BCUT2D eigenvalue weighted by Gasteiger charge is 1.82. The summed E-state index contributed by atoms with van der Waals surface area (Å²) >= 11 is 0. The number of rotatable bonds is 5. The van der Waals surface area contributed by atoms with Crippen molar-refractivity contribution in [3.63, 3.8) is 0 Å². The van der Waals surface area contributed by atoms with Crippen molar-refractivity contribution in [3.05, 3.63) is 0 Å². The lowest BCUT2D eigenvalue weighted by molar-refractivity contribution is -0.137. The summed E-state index contributed by atoms with van der Waals surface area (Å²) in [5.74, 6) is -3.81. The van der Waals surface area contributed by atoms with Gasteiger partial charge in [-0.25, -0.2) is 0 Å². The Morgan fingerprint density at radius 3 is 0.607 bits per heavy atom. The molecule has 0 aliphatic carbocycles. The van der Waals surface area contributed by atoms with Gasteiger partial charge in [0.2, 0.25) is 0 Å². The molecule has 0 aliphatic rings. The molecule has 0 radical (unpaired) electrons. The fraction of sp³-hybridized carbons (Fsp3) is 0.688. The maximum atomic E-state index is 9.37. The molecule has 0 unspecified atom stereocenters. The highest BCUT2D eigenvalue weighted by molar-refractivity contribution is 5.66. The van der Waals surface area contributed by atoms with E-state index < -0.39 is 29.8 Å². The summed E-state index contributed by atoms with van der Waals surface area (Å²) in [5.41, 5.74) is 9.81. The Morgan fingerprint density at radius 2 is 0.607 bits per heavy atom. The van der Waals surface area contributed by atoms with E-state index in [2.05, 4.69) is 0 Å². The fourth-order valence-electron chi connectivity index (χ4n) is 0. The zero-order chi connectivity index (χ0) is 24.1. The van der Waals surface area contributed by atoms with Gasteiger partial charge in [0, 0.05) is 45.7 Å². The summed E-state index contributed by atoms with van der Waals surface area (Å²) < 4.78 is 0.